The molecule has 0 amide bonds. The van der Waals surface area contributed by atoms with Crippen molar-refractivity contribution in [3.8, 4) is 0 Å². The fraction of sp³-hybridized carbons (Fsp3) is 0.857. The maximum atomic E-state index is 8.25. The van der Waals surface area contributed by atoms with E-state index in [4.69, 9.17) is 10.8 Å². The van der Waals surface area contributed by atoms with E-state index in [0.29, 0.717) is 23.7 Å². The van der Waals surface area contributed by atoms with Crippen LogP contribution in [-0.4, -0.2) is 11.4 Å². The first-order valence-electron chi connectivity index (χ1n) is 6.65. The van der Waals surface area contributed by atoms with Gasteiger partial charge in [0.15, 0.2) is 0 Å². The molecule has 0 heterocycles. The lowest BCUT2D eigenvalue weighted by atomic mass is 9.78. The zero-order valence-corrected chi connectivity index (χ0v) is 10.7. The zero-order valence-electron chi connectivity index (χ0n) is 10.7. The van der Waals surface area contributed by atoms with Crippen LogP contribution in [0.4, 0.5) is 0 Å². The molecule has 0 aromatic carbocycles. The number of fused-ring (bicyclic) bond motifs is 1. The molecule has 90 valence electrons. The molecular weight excluding hydrogens is 196 g/mol. The van der Waals surface area contributed by atoms with E-state index in [1.807, 2.05) is 6.92 Å². The summed E-state index contributed by atoms with van der Waals surface area (Å²) in [5.41, 5.74) is 1.80. The van der Waals surface area contributed by atoms with Crippen LogP contribution in [0, 0.1) is 40.4 Å². The first-order chi connectivity index (χ1) is 7.52. The fourth-order valence-electron chi connectivity index (χ4n) is 3.94. The second kappa shape index (κ2) is 4.31. The summed E-state index contributed by atoms with van der Waals surface area (Å²) < 4.78 is 0. The van der Waals surface area contributed by atoms with Gasteiger partial charge in [0.25, 0.3) is 0 Å². The van der Waals surface area contributed by atoms with Crippen LogP contribution < -0.4 is 0 Å². The summed E-state index contributed by atoms with van der Waals surface area (Å²) in [7, 11) is 0. The molecule has 2 rings (SSSR count). The lowest BCUT2D eigenvalue weighted by Gasteiger charge is -2.27. The SMILES string of the molecule is CC(=N)C1CCC2CCC(C(=N)C(C)C)C21. The average Bonchev–Trinajstić information content (AvgIpc) is 2.75. The van der Waals surface area contributed by atoms with E-state index in [-0.39, 0.29) is 0 Å². The molecule has 2 saturated carbocycles. The van der Waals surface area contributed by atoms with Gasteiger partial charge in [-0.1, -0.05) is 13.8 Å². The van der Waals surface area contributed by atoms with Crippen molar-refractivity contribution in [3.63, 3.8) is 0 Å². The van der Waals surface area contributed by atoms with E-state index >= 15 is 0 Å². The Morgan fingerprint density at radius 2 is 1.56 bits per heavy atom. The van der Waals surface area contributed by atoms with Crippen LogP contribution in [0.2, 0.25) is 0 Å². The van der Waals surface area contributed by atoms with Crippen LogP contribution in [-0.2, 0) is 0 Å². The lowest BCUT2D eigenvalue weighted by Crippen LogP contribution is -2.29. The maximum absolute atomic E-state index is 8.25. The molecule has 2 N–H and O–H groups in total. The Morgan fingerprint density at radius 3 is 2.06 bits per heavy atom. The quantitative estimate of drug-likeness (QED) is 0.680. The minimum Gasteiger partial charge on any atom is -0.310 e. The van der Waals surface area contributed by atoms with Gasteiger partial charge in [0, 0.05) is 17.3 Å². The molecule has 0 aliphatic heterocycles. The third-order valence-corrected chi connectivity index (χ3v) is 4.75. The van der Waals surface area contributed by atoms with Crippen molar-refractivity contribution in [2.24, 2.45) is 29.6 Å². The van der Waals surface area contributed by atoms with Crippen molar-refractivity contribution in [1.82, 2.24) is 0 Å². The largest absolute Gasteiger partial charge is 0.310 e. The van der Waals surface area contributed by atoms with Crippen molar-refractivity contribution >= 4 is 11.4 Å². The number of hydrogen-bond donors (Lipinski definition) is 2. The molecule has 0 saturated heterocycles. The Kier molecular flexibility index (Phi) is 3.18. The van der Waals surface area contributed by atoms with Gasteiger partial charge in [-0.15, -0.1) is 0 Å². The summed E-state index contributed by atoms with van der Waals surface area (Å²) >= 11 is 0. The third kappa shape index (κ3) is 1.83. The molecule has 2 aliphatic rings. The molecule has 2 heteroatoms. The topological polar surface area (TPSA) is 47.7 Å². The fourth-order valence-corrected chi connectivity index (χ4v) is 3.94. The van der Waals surface area contributed by atoms with Gasteiger partial charge in [0.2, 0.25) is 0 Å². The molecule has 0 spiro atoms. The Morgan fingerprint density at radius 1 is 1.00 bits per heavy atom. The Labute approximate surface area is 98.8 Å². The molecule has 4 unspecified atom stereocenters. The van der Waals surface area contributed by atoms with Crippen LogP contribution in [0.5, 0.6) is 0 Å². The number of rotatable bonds is 3. The summed E-state index contributed by atoms with van der Waals surface area (Å²) in [4.78, 5) is 0. The van der Waals surface area contributed by atoms with Gasteiger partial charge >= 0.3 is 0 Å². The van der Waals surface area contributed by atoms with Gasteiger partial charge in [-0.05, 0) is 56.3 Å². The molecule has 2 nitrogen and oxygen atoms in total. The van der Waals surface area contributed by atoms with Gasteiger partial charge in [-0.2, -0.15) is 0 Å². The van der Waals surface area contributed by atoms with E-state index in [0.717, 1.165) is 17.3 Å². The molecule has 16 heavy (non-hydrogen) atoms. The predicted octanol–water partition coefficient (Wildman–Crippen LogP) is 3.75. The van der Waals surface area contributed by atoms with Crippen LogP contribution in [0.15, 0.2) is 0 Å². The normalized spacial score (nSPS) is 37.8. The maximum Gasteiger partial charge on any atom is 0.0148 e. The summed E-state index contributed by atoms with van der Waals surface area (Å²) in [5.74, 6) is 2.80. The lowest BCUT2D eigenvalue weighted by molar-refractivity contribution is 0.369. The van der Waals surface area contributed by atoms with E-state index in [2.05, 4.69) is 13.8 Å². The molecule has 4 atom stereocenters. The van der Waals surface area contributed by atoms with Crippen molar-refractivity contribution in [3.05, 3.63) is 0 Å². The summed E-state index contributed by atoms with van der Waals surface area (Å²) in [6, 6.07) is 0. The highest BCUT2D eigenvalue weighted by molar-refractivity contribution is 5.88. The van der Waals surface area contributed by atoms with Gasteiger partial charge in [-0.3, -0.25) is 0 Å². The standard InChI is InChI=1S/C14H24N2/c1-8(2)14(16)12-7-5-10-4-6-11(9(3)15)13(10)12/h8,10-13,15-16H,4-7H2,1-3H3. The first-order valence-corrected chi connectivity index (χ1v) is 6.65. The molecule has 0 bridgehead atoms. The molecule has 2 aliphatic carbocycles. The van der Waals surface area contributed by atoms with Gasteiger partial charge in [0.1, 0.15) is 0 Å². The average molecular weight is 220 g/mol. The van der Waals surface area contributed by atoms with Crippen molar-refractivity contribution < 1.29 is 0 Å². The predicted molar refractivity (Wildman–Crippen MR) is 68.4 cm³/mol. The monoisotopic (exact) mass is 220 g/mol. The first kappa shape index (κ1) is 11.8. The third-order valence-electron chi connectivity index (χ3n) is 4.75. The minimum absolute atomic E-state index is 0.385. The number of hydrogen-bond acceptors (Lipinski definition) is 2. The van der Waals surface area contributed by atoms with E-state index in [1.54, 1.807) is 0 Å². The van der Waals surface area contributed by atoms with E-state index in [1.165, 1.54) is 25.7 Å². The van der Waals surface area contributed by atoms with Gasteiger partial charge in [-0.25, -0.2) is 0 Å². The van der Waals surface area contributed by atoms with E-state index in [9.17, 15) is 0 Å². The van der Waals surface area contributed by atoms with Crippen LogP contribution >= 0.6 is 0 Å². The van der Waals surface area contributed by atoms with Crippen LogP contribution in [0.25, 0.3) is 0 Å². The van der Waals surface area contributed by atoms with Crippen molar-refractivity contribution in [2.75, 3.05) is 0 Å². The summed E-state index contributed by atoms with van der Waals surface area (Å²) in [6.07, 6.45) is 5.00. The van der Waals surface area contributed by atoms with Crippen LogP contribution in [0.1, 0.15) is 46.5 Å². The van der Waals surface area contributed by atoms with Crippen LogP contribution in [0.3, 0.4) is 0 Å². The van der Waals surface area contributed by atoms with E-state index < -0.39 is 0 Å². The molecule has 0 aromatic heterocycles. The Balaban J connectivity index is 2.17. The highest BCUT2D eigenvalue weighted by atomic mass is 14.6. The minimum atomic E-state index is 0.385. The molecule has 0 radical (unpaired) electrons. The molecule has 2 fully saturated rings. The van der Waals surface area contributed by atoms with Crippen molar-refractivity contribution in [1.29, 1.82) is 10.8 Å². The van der Waals surface area contributed by atoms with Crippen molar-refractivity contribution in [2.45, 2.75) is 46.5 Å². The summed E-state index contributed by atoms with van der Waals surface area (Å²) in [6.45, 7) is 6.23. The van der Waals surface area contributed by atoms with Gasteiger partial charge in [0.05, 0.1) is 0 Å². The second-order valence-electron chi connectivity index (χ2n) is 6.00. The molecular formula is C14H24N2. The summed E-state index contributed by atoms with van der Waals surface area (Å²) in [5, 5.41) is 16.2. The Bertz CT molecular complexity index is 306. The Hall–Kier alpha value is -0.660. The molecule has 0 aromatic rings. The smallest absolute Gasteiger partial charge is 0.0148 e. The zero-order chi connectivity index (χ0) is 11.9. The number of nitrogens with one attached hydrogen (secondary N) is 2. The second-order valence-corrected chi connectivity index (χ2v) is 6.00. The van der Waals surface area contributed by atoms with Gasteiger partial charge < -0.3 is 10.8 Å². The highest BCUT2D eigenvalue weighted by Crippen LogP contribution is 2.51. The highest BCUT2D eigenvalue weighted by Gasteiger charge is 2.47.